The average molecular weight is 252 g/mol. The van der Waals surface area contributed by atoms with Crippen LogP contribution in [0.5, 0.6) is 0 Å². The van der Waals surface area contributed by atoms with Gasteiger partial charge in [-0.1, -0.05) is 39.0 Å². The molecule has 18 heavy (non-hydrogen) atoms. The van der Waals surface area contributed by atoms with E-state index in [-0.39, 0.29) is 0 Å². The van der Waals surface area contributed by atoms with Crippen molar-refractivity contribution >= 4 is 0 Å². The van der Waals surface area contributed by atoms with Crippen LogP contribution < -0.4 is 5.73 Å². The molecule has 0 atom stereocenters. The number of nitrogens with two attached hydrogens (primary N) is 1. The molecule has 0 radical (unpaired) electrons. The van der Waals surface area contributed by atoms with Crippen molar-refractivity contribution in [3.05, 3.63) is 0 Å². The molecule has 0 amide bonds. The summed E-state index contributed by atoms with van der Waals surface area (Å²) >= 11 is 0. The van der Waals surface area contributed by atoms with Gasteiger partial charge >= 0.3 is 0 Å². The molecule has 0 spiro atoms. The van der Waals surface area contributed by atoms with Gasteiger partial charge in [0.1, 0.15) is 0 Å². The minimum absolute atomic E-state index is 0.490. The van der Waals surface area contributed by atoms with Crippen molar-refractivity contribution in [2.24, 2.45) is 11.1 Å². The Morgan fingerprint density at radius 2 is 1.72 bits per heavy atom. The van der Waals surface area contributed by atoms with E-state index in [1.54, 1.807) is 0 Å². The van der Waals surface area contributed by atoms with E-state index in [0.29, 0.717) is 5.41 Å². The Morgan fingerprint density at radius 3 is 2.28 bits per heavy atom. The second kappa shape index (κ2) is 6.91. The van der Waals surface area contributed by atoms with Crippen molar-refractivity contribution in [3.8, 4) is 0 Å². The number of rotatable bonds is 6. The van der Waals surface area contributed by atoms with Gasteiger partial charge in [-0.15, -0.1) is 0 Å². The summed E-state index contributed by atoms with van der Waals surface area (Å²) in [5.41, 5.74) is 6.59. The first-order valence-electron chi connectivity index (χ1n) is 8.24. The summed E-state index contributed by atoms with van der Waals surface area (Å²) in [6.45, 7) is 5.76. The van der Waals surface area contributed by atoms with Crippen LogP contribution in [0.15, 0.2) is 0 Å². The molecule has 2 fully saturated rings. The molecule has 0 saturated heterocycles. The number of hydrogen-bond acceptors (Lipinski definition) is 2. The first-order valence-corrected chi connectivity index (χ1v) is 8.24. The lowest BCUT2D eigenvalue weighted by atomic mass is 9.72. The molecule has 2 N–H and O–H groups in total. The molecule has 0 heterocycles. The van der Waals surface area contributed by atoms with Gasteiger partial charge in [0, 0.05) is 6.04 Å². The highest BCUT2D eigenvalue weighted by molar-refractivity contribution is 4.86. The highest BCUT2D eigenvalue weighted by Gasteiger charge is 2.31. The topological polar surface area (TPSA) is 29.3 Å². The van der Waals surface area contributed by atoms with E-state index in [4.69, 9.17) is 5.73 Å². The zero-order chi connectivity index (χ0) is 12.8. The minimum atomic E-state index is 0.490. The van der Waals surface area contributed by atoms with Crippen LogP contribution in [0.2, 0.25) is 0 Å². The van der Waals surface area contributed by atoms with Gasteiger partial charge in [-0.25, -0.2) is 0 Å². The third-order valence-corrected chi connectivity index (χ3v) is 5.52. The Hall–Kier alpha value is -0.0800. The molecule has 0 unspecified atom stereocenters. The fraction of sp³-hybridized carbons (Fsp3) is 1.00. The van der Waals surface area contributed by atoms with Crippen molar-refractivity contribution in [2.75, 3.05) is 19.6 Å². The predicted molar refractivity (Wildman–Crippen MR) is 78.7 cm³/mol. The maximum atomic E-state index is 6.10. The van der Waals surface area contributed by atoms with Crippen molar-refractivity contribution in [1.82, 2.24) is 4.90 Å². The summed E-state index contributed by atoms with van der Waals surface area (Å²) < 4.78 is 0. The fourth-order valence-electron chi connectivity index (χ4n) is 4.11. The summed E-state index contributed by atoms with van der Waals surface area (Å²) in [6.07, 6.45) is 14.1. The molecule has 2 saturated carbocycles. The zero-order valence-corrected chi connectivity index (χ0v) is 12.3. The second-order valence-corrected chi connectivity index (χ2v) is 6.58. The Morgan fingerprint density at radius 1 is 1.06 bits per heavy atom. The van der Waals surface area contributed by atoms with Crippen LogP contribution in [0.3, 0.4) is 0 Å². The first kappa shape index (κ1) is 14.3. The summed E-state index contributed by atoms with van der Waals surface area (Å²) in [7, 11) is 0. The van der Waals surface area contributed by atoms with E-state index >= 15 is 0 Å². The van der Waals surface area contributed by atoms with Crippen LogP contribution in [0.1, 0.15) is 71.1 Å². The van der Waals surface area contributed by atoms with Crippen LogP contribution in [-0.2, 0) is 0 Å². The van der Waals surface area contributed by atoms with E-state index in [2.05, 4.69) is 11.8 Å². The quantitative estimate of drug-likeness (QED) is 0.783. The van der Waals surface area contributed by atoms with Gasteiger partial charge in [0.15, 0.2) is 0 Å². The van der Waals surface area contributed by atoms with Crippen LogP contribution in [0.4, 0.5) is 0 Å². The highest BCUT2D eigenvalue weighted by Crippen LogP contribution is 2.39. The van der Waals surface area contributed by atoms with Crippen LogP contribution in [0.25, 0.3) is 0 Å². The van der Waals surface area contributed by atoms with E-state index in [1.165, 1.54) is 77.3 Å². The van der Waals surface area contributed by atoms with Gasteiger partial charge in [-0.3, -0.25) is 0 Å². The Bertz CT molecular complexity index is 227. The van der Waals surface area contributed by atoms with Gasteiger partial charge in [0.05, 0.1) is 0 Å². The molecule has 0 aliphatic heterocycles. The normalized spacial score (nSPS) is 24.8. The largest absolute Gasteiger partial charge is 0.330 e. The monoisotopic (exact) mass is 252 g/mol. The zero-order valence-electron chi connectivity index (χ0n) is 12.3. The first-order chi connectivity index (χ1) is 8.79. The maximum Gasteiger partial charge on any atom is 0.00951 e. The van der Waals surface area contributed by atoms with Gasteiger partial charge in [0.2, 0.25) is 0 Å². The van der Waals surface area contributed by atoms with E-state index in [9.17, 15) is 0 Å². The molecule has 106 valence electrons. The SMILES string of the molecule is CCN(CCC1(CN)CCCCC1)C1CCCC1. The average Bonchev–Trinajstić information content (AvgIpc) is 2.95. The molecule has 0 aromatic rings. The fourth-order valence-corrected chi connectivity index (χ4v) is 4.11. The number of nitrogens with zero attached hydrogens (tertiary/aromatic N) is 1. The van der Waals surface area contributed by atoms with Gasteiger partial charge < -0.3 is 10.6 Å². The van der Waals surface area contributed by atoms with E-state index in [0.717, 1.165) is 12.6 Å². The van der Waals surface area contributed by atoms with Crippen molar-refractivity contribution in [1.29, 1.82) is 0 Å². The van der Waals surface area contributed by atoms with Crippen LogP contribution in [-0.4, -0.2) is 30.6 Å². The molecule has 2 nitrogen and oxygen atoms in total. The summed E-state index contributed by atoms with van der Waals surface area (Å²) in [4.78, 5) is 2.74. The third kappa shape index (κ3) is 3.48. The van der Waals surface area contributed by atoms with Crippen molar-refractivity contribution in [2.45, 2.75) is 77.2 Å². The van der Waals surface area contributed by atoms with Crippen molar-refractivity contribution in [3.63, 3.8) is 0 Å². The lowest BCUT2D eigenvalue weighted by molar-refractivity contribution is 0.127. The molecular formula is C16H32N2. The van der Waals surface area contributed by atoms with Gasteiger partial charge in [0.25, 0.3) is 0 Å². The molecule has 2 rings (SSSR count). The summed E-state index contributed by atoms with van der Waals surface area (Å²) in [6, 6.07) is 0.883. The van der Waals surface area contributed by atoms with E-state index < -0.39 is 0 Å². The van der Waals surface area contributed by atoms with Gasteiger partial charge in [-0.05, 0) is 57.2 Å². The van der Waals surface area contributed by atoms with E-state index in [1.807, 2.05) is 0 Å². The highest BCUT2D eigenvalue weighted by atomic mass is 15.1. The lowest BCUT2D eigenvalue weighted by Gasteiger charge is -2.39. The standard InChI is InChI=1S/C16H32N2/c1-2-18(15-8-4-5-9-15)13-12-16(14-17)10-6-3-7-11-16/h15H,2-14,17H2,1H3. The number of hydrogen-bond donors (Lipinski definition) is 1. The summed E-state index contributed by atoms with van der Waals surface area (Å²) in [5.74, 6) is 0. The smallest absolute Gasteiger partial charge is 0.00951 e. The Balaban J connectivity index is 1.83. The molecule has 2 aliphatic rings. The Kier molecular flexibility index (Phi) is 5.50. The van der Waals surface area contributed by atoms with Crippen LogP contribution in [0, 0.1) is 5.41 Å². The third-order valence-electron chi connectivity index (χ3n) is 5.52. The molecular weight excluding hydrogens is 220 g/mol. The van der Waals surface area contributed by atoms with Gasteiger partial charge in [-0.2, -0.15) is 0 Å². The molecule has 0 aromatic carbocycles. The van der Waals surface area contributed by atoms with Crippen molar-refractivity contribution < 1.29 is 0 Å². The minimum Gasteiger partial charge on any atom is -0.330 e. The Labute approximate surface area is 113 Å². The second-order valence-electron chi connectivity index (χ2n) is 6.58. The molecule has 2 heteroatoms. The molecule has 0 bridgehead atoms. The predicted octanol–water partition coefficient (Wildman–Crippen LogP) is 3.55. The maximum absolute atomic E-state index is 6.10. The molecule has 0 aromatic heterocycles. The lowest BCUT2D eigenvalue weighted by Crippen LogP contribution is -2.40. The van der Waals surface area contributed by atoms with Crippen LogP contribution >= 0.6 is 0 Å². The molecule has 2 aliphatic carbocycles. The summed E-state index contributed by atoms with van der Waals surface area (Å²) in [5, 5.41) is 0.